The number of fused-ring (bicyclic) bond motifs is 1. The van der Waals surface area contributed by atoms with Crippen molar-refractivity contribution in [3.8, 4) is 0 Å². The number of aromatic nitrogens is 1. The van der Waals surface area contributed by atoms with E-state index in [0.717, 1.165) is 0 Å². The van der Waals surface area contributed by atoms with Gasteiger partial charge in [0.15, 0.2) is 0 Å². The summed E-state index contributed by atoms with van der Waals surface area (Å²) < 4.78 is 5.56. The molecule has 6 nitrogen and oxygen atoms in total. The SMILES string of the molecule is CCOC[C@H](c1nc2ccccc2c(N)c1[N+](=O)[O-])C(C)(C)C. The topological polar surface area (TPSA) is 91.3 Å². The molecule has 1 aromatic carbocycles. The molecule has 124 valence electrons. The van der Waals surface area contributed by atoms with Crippen molar-refractivity contribution in [3.63, 3.8) is 0 Å². The quantitative estimate of drug-likeness (QED) is 0.667. The first-order valence-corrected chi connectivity index (χ1v) is 7.67. The van der Waals surface area contributed by atoms with Crippen molar-refractivity contribution in [1.29, 1.82) is 0 Å². The smallest absolute Gasteiger partial charge is 0.314 e. The standard InChI is InChI=1S/C17H23N3O3/c1-5-23-10-12(17(2,3)4)15-16(20(21)22)14(18)11-8-6-7-9-13(11)19-15/h6-9,12H,5,10H2,1-4H3,(H2,18,19)/t12-/m1/s1. The van der Waals surface area contributed by atoms with Gasteiger partial charge in [-0.1, -0.05) is 39.0 Å². The summed E-state index contributed by atoms with van der Waals surface area (Å²) in [5, 5.41) is 12.2. The molecule has 0 unspecified atom stereocenters. The first-order valence-electron chi connectivity index (χ1n) is 7.67. The zero-order valence-electron chi connectivity index (χ0n) is 14.0. The van der Waals surface area contributed by atoms with E-state index in [1.807, 2.05) is 39.8 Å². The van der Waals surface area contributed by atoms with Gasteiger partial charge in [0.05, 0.1) is 17.0 Å². The van der Waals surface area contributed by atoms with Crippen molar-refractivity contribution in [2.45, 2.75) is 33.6 Å². The van der Waals surface area contributed by atoms with E-state index in [0.29, 0.717) is 29.8 Å². The molecule has 1 aromatic heterocycles. The van der Waals surface area contributed by atoms with Gasteiger partial charge in [0.2, 0.25) is 0 Å². The highest BCUT2D eigenvalue weighted by Gasteiger charge is 2.35. The van der Waals surface area contributed by atoms with Crippen LogP contribution in [0, 0.1) is 15.5 Å². The van der Waals surface area contributed by atoms with Crippen LogP contribution in [0.15, 0.2) is 24.3 Å². The first-order chi connectivity index (χ1) is 10.8. The molecule has 2 aromatic rings. The second kappa shape index (κ2) is 6.50. The van der Waals surface area contributed by atoms with Gasteiger partial charge in [0.1, 0.15) is 11.4 Å². The number of rotatable bonds is 5. The van der Waals surface area contributed by atoms with Crippen LogP contribution >= 0.6 is 0 Å². The zero-order valence-corrected chi connectivity index (χ0v) is 14.0. The van der Waals surface area contributed by atoms with Gasteiger partial charge in [-0.15, -0.1) is 0 Å². The Morgan fingerprint density at radius 1 is 1.35 bits per heavy atom. The average molecular weight is 317 g/mol. The van der Waals surface area contributed by atoms with Crippen LogP contribution in [-0.4, -0.2) is 23.1 Å². The number of pyridine rings is 1. The summed E-state index contributed by atoms with van der Waals surface area (Å²) >= 11 is 0. The predicted molar refractivity (Wildman–Crippen MR) is 91.5 cm³/mol. The van der Waals surface area contributed by atoms with E-state index in [2.05, 4.69) is 4.98 Å². The number of nitrogens with zero attached hydrogens (tertiary/aromatic N) is 2. The minimum atomic E-state index is -0.436. The number of hydrogen-bond donors (Lipinski definition) is 1. The van der Waals surface area contributed by atoms with Gasteiger partial charge >= 0.3 is 5.69 Å². The van der Waals surface area contributed by atoms with Gasteiger partial charge in [-0.2, -0.15) is 0 Å². The van der Waals surface area contributed by atoms with Crippen molar-refractivity contribution in [2.24, 2.45) is 5.41 Å². The molecule has 0 radical (unpaired) electrons. The zero-order chi connectivity index (χ0) is 17.2. The lowest BCUT2D eigenvalue weighted by Gasteiger charge is -2.30. The molecule has 0 aliphatic carbocycles. The van der Waals surface area contributed by atoms with Crippen LogP contribution in [0.4, 0.5) is 11.4 Å². The Labute approximate surface area is 135 Å². The second-order valence-corrected chi connectivity index (χ2v) is 6.61. The van der Waals surface area contributed by atoms with Crippen molar-refractivity contribution < 1.29 is 9.66 Å². The molecule has 0 spiro atoms. The summed E-state index contributed by atoms with van der Waals surface area (Å²) in [5.74, 6) is -0.227. The summed E-state index contributed by atoms with van der Waals surface area (Å²) in [6.07, 6.45) is 0. The lowest BCUT2D eigenvalue weighted by Crippen LogP contribution is -2.25. The van der Waals surface area contributed by atoms with Crippen LogP contribution < -0.4 is 5.73 Å². The van der Waals surface area contributed by atoms with E-state index in [-0.39, 0.29) is 22.7 Å². The number of nitrogens with two attached hydrogens (primary N) is 1. The fourth-order valence-corrected chi connectivity index (χ4v) is 2.66. The molecule has 23 heavy (non-hydrogen) atoms. The predicted octanol–water partition coefficient (Wildman–Crippen LogP) is 3.89. The van der Waals surface area contributed by atoms with Gasteiger partial charge in [-0.05, 0) is 18.4 Å². The maximum Gasteiger partial charge on any atom is 0.314 e. The van der Waals surface area contributed by atoms with Crippen LogP contribution in [0.5, 0.6) is 0 Å². The Morgan fingerprint density at radius 3 is 2.57 bits per heavy atom. The van der Waals surface area contributed by atoms with E-state index >= 15 is 0 Å². The Bertz CT molecular complexity index is 723. The summed E-state index contributed by atoms with van der Waals surface area (Å²) in [5.41, 5.74) is 6.98. The lowest BCUT2D eigenvalue weighted by molar-refractivity contribution is -0.385. The van der Waals surface area contributed by atoms with Gasteiger partial charge in [-0.3, -0.25) is 10.1 Å². The van der Waals surface area contributed by atoms with Gasteiger partial charge in [-0.25, -0.2) is 4.98 Å². The third-order valence-electron chi connectivity index (χ3n) is 3.98. The Kier molecular flexibility index (Phi) is 4.85. The summed E-state index contributed by atoms with van der Waals surface area (Å²) in [7, 11) is 0. The molecular formula is C17H23N3O3. The molecule has 0 saturated heterocycles. The van der Waals surface area contributed by atoms with Crippen molar-refractivity contribution in [3.05, 3.63) is 40.1 Å². The van der Waals surface area contributed by atoms with Crippen LogP contribution in [0.1, 0.15) is 39.3 Å². The minimum absolute atomic E-state index is 0.108. The molecule has 0 saturated carbocycles. The fourth-order valence-electron chi connectivity index (χ4n) is 2.66. The second-order valence-electron chi connectivity index (χ2n) is 6.61. The monoisotopic (exact) mass is 317 g/mol. The van der Waals surface area contributed by atoms with Crippen LogP contribution in [0.2, 0.25) is 0 Å². The molecule has 1 atom stereocenters. The average Bonchev–Trinajstić information content (AvgIpc) is 2.46. The number of benzene rings is 1. The summed E-state index contributed by atoms with van der Waals surface area (Å²) in [4.78, 5) is 15.8. The van der Waals surface area contributed by atoms with E-state index < -0.39 is 4.92 Å². The van der Waals surface area contributed by atoms with Crippen molar-refractivity contribution in [1.82, 2.24) is 4.98 Å². The lowest BCUT2D eigenvalue weighted by atomic mass is 9.78. The van der Waals surface area contributed by atoms with Gasteiger partial charge < -0.3 is 10.5 Å². The first kappa shape index (κ1) is 17.1. The normalized spacial score (nSPS) is 13.2. The van der Waals surface area contributed by atoms with Gasteiger partial charge in [0, 0.05) is 17.9 Å². The largest absolute Gasteiger partial charge is 0.393 e. The Hall–Kier alpha value is -2.21. The Morgan fingerprint density at radius 2 is 2.00 bits per heavy atom. The number of ether oxygens (including phenoxy) is 1. The van der Waals surface area contributed by atoms with Crippen molar-refractivity contribution >= 4 is 22.3 Å². The maximum absolute atomic E-state index is 11.6. The molecule has 0 aliphatic heterocycles. The number of anilines is 1. The molecule has 0 fully saturated rings. The van der Waals surface area contributed by atoms with E-state index in [1.165, 1.54) is 0 Å². The highest BCUT2D eigenvalue weighted by molar-refractivity contribution is 5.95. The van der Waals surface area contributed by atoms with Crippen LogP contribution in [0.25, 0.3) is 10.9 Å². The maximum atomic E-state index is 11.6. The third-order valence-corrected chi connectivity index (χ3v) is 3.98. The number of nitro groups is 1. The fraction of sp³-hybridized carbons (Fsp3) is 0.471. The summed E-state index contributed by atoms with van der Waals surface area (Å²) in [6, 6.07) is 7.21. The van der Waals surface area contributed by atoms with Crippen LogP contribution in [0.3, 0.4) is 0 Å². The number of nitrogen functional groups attached to an aromatic ring is 1. The van der Waals surface area contributed by atoms with Crippen molar-refractivity contribution in [2.75, 3.05) is 18.9 Å². The van der Waals surface area contributed by atoms with E-state index in [1.54, 1.807) is 12.1 Å². The van der Waals surface area contributed by atoms with E-state index in [9.17, 15) is 10.1 Å². The molecular weight excluding hydrogens is 294 g/mol. The highest BCUT2D eigenvalue weighted by Crippen LogP contribution is 2.42. The minimum Gasteiger partial charge on any atom is -0.393 e. The van der Waals surface area contributed by atoms with Gasteiger partial charge in [0.25, 0.3) is 0 Å². The van der Waals surface area contributed by atoms with E-state index in [4.69, 9.17) is 10.5 Å². The number of hydrogen-bond acceptors (Lipinski definition) is 5. The molecule has 0 amide bonds. The molecule has 0 bridgehead atoms. The Balaban J connectivity index is 2.74. The highest BCUT2D eigenvalue weighted by atomic mass is 16.6. The molecule has 1 heterocycles. The molecule has 0 aliphatic rings. The molecule has 2 N–H and O–H groups in total. The van der Waals surface area contributed by atoms with Crippen LogP contribution in [-0.2, 0) is 4.74 Å². The molecule has 6 heteroatoms. The third kappa shape index (κ3) is 3.42. The summed E-state index contributed by atoms with van der Waals surface area (Å²) in [6.45, 7) is 8.87. The number of para-hydroxylation sites is 1. The molecule has 2 rings (SSSR count).